The summed E-state index contributed by atoms with van der Waals surface area (Å²) >= 11 is 1.48. The lowest BCUT2D eigenvalue weighted by atomic mass is 10.1. The number of carbonyl (C=O) groups excluding carboxylic acids is 1. The van der Waals surface area contributed by atoms with Crippen LogP contribution in [0.4, 0.5) is 10.7 Å². The van der Waals surface area contributed by atoms with Crippen LogP contribution in [0.1, 0.15) is 43.3 Å². The Balaban J connectivity index is 1.77. The molecule has 0 bridgehead atoms. The lowest BCUT2D eigenvalue weighted by Gasteiger charge is -2.42. The van der Waals surface area contributed by atoms with Crippen molar-refractivity contribution in [1.29, 1.82) is 0 Å². The van der Waals surface area contributed by atoms with Crippen LogP contribution in [0.2, 0.25) is 0 Å². The molecule has 1 aromatic heterocycles. The van der Waals surface area contributed by atoms with E-state index < -0.39 is 0 Å². The highest BCUT2D eigenvalue weighted by Crippen LogP contribution is 2.35. The monoisotopic (exact) mass is 309 g/mol. The van der Waals surface area contributed by atoms with Crippen LogP contribution in [0.3, 0.4) is 0 Å². The molecule has 116 valence electrons. The highest BCUT2D eigenvalue weighted by molar-refractivity contribution is 7.18. The number of morpholine rings is 1. The second-order valence-corrected chi connectivity index (χ2v) is 7.72. The minimum Gasteiger partial charge on any atom is -0.397 e. The number of rotatable bonds is 3. The molecule has 1 saturated heterocycles. The van der Waals surface area contributed by atoms with Gasteiger partial charge in [0.25, 0.3) is 5.91 Å². The van der Waals surface area contributed by atoms with Gasteiger partial charge >= 0.3 is 0 Å². The summed E-state index contributed by atoms with van der Waals surface area (Å²) in [4.78, 5) is 15.1. The van der Waals surface area contributed by atoms with Gasteiger partial charge in [-0.1, -0.05) is 0 Å². The van der Waals surface area contributed by atoms with Crippen LogP contribution >= 0.6 is 11.3 Å². The van der Waals surface area contributed by atoms with Crippen molar-refractivity contribution in [3.05, 3.63) is 10.9 Å². The molecular weight excluding hydrogens is 286 g/mol. The zero-order valence-electron chi connectivity index (χ0n) is 12.8. The Morgan fingerprint density at radius 3 is 2.86 bits per heavy atom. The van der Waals surface area contributed by atoms with Gasteiger partial charge in [-0.15, -0.1) is 11.3 Å². The van der Waals surface area contributed by atoms with Crippen LogP contribution < -0.4 is 16.0 Å². The Kier molecular flexibility index (Phi) is 3.61. The lowest BCUT2D eigenvalue weighted by Crippen LogP contribution is -2.51. The molecule has 1 saturated carbocycles. The van der Waals surface area contributed by atoms with Gasteiger partial charge in [-0.05, 0) is 39.7 Å². The first-order chi connectivity index (χ1) is 9.84. The lowest BCUT2D eigenvalue weighted by molar-refractivity contribution is -0.0748. The second kappa shape index (κ2) is 5.18. The third kappa shape index (κ3) is 3.32. The number of ether oxygens (including phenoxy) is 1. The molecule has 21 heavy (non-hydrogen) atoms. The summed E-state index contributed by atoms with van der Waals surface area (Å²) in [6.07, 6.45) is 2.33. The molecule has 0 spiro atoms. The zero-order chi connectivity index (χ0) is 15.2. The average Bonchev–Trinajstić information content (AvgIpc) is 3.06. The number of nitrogen functional groups attached to an aromatic ring is 1. The fourth-order valence-corrected chi connectivity index (χ4v) is 3.82. The minimum absolute atomic E-state index is 0.0354. The molecule has 3 rings (SSSR count). The molecular formula is C15H23N3O2S. The largest absolute Gasteiger partial charge is 0.397 e. The number of hydrogen-bond donors (Lipinski definition) is 2. The molecule has 2 heterocycles. The summed E-state index contributed by atoms with van der Waals surface area (Å²) in [6, 6.07) is 2.27. The summed E-state index contributed by atoms with van der Waals surface area (Å²) in [7, 11) is 0. The normalized spacial score (nSPS) is 24.9. The Hall–Kier alpha value is -1.27. The van der Waals surface area contributed by atoms with E-state index in [1.54, 1.807) is 0 Å². The summed E-state index contributed by atoms with van der Waals surface area (Å²) in [5.41, 5.74) is 6.43. The Labute approximate surface area is 129 Å². The second-order valence-electron chi connectivity index (χ2n) is 6.69. The number of nitrogens with one attached hydrogen (secondary N) is 1. The topological polar surface area (TPSA) is 67.6 Å². The molecule has 3 N–H and O–H groups in total. The molecule has 1 aromatic rings. The number of carbonyl (C=O) groups is 1. The first-order valence-corrected chi connectivity index (χ1v) is 8.29. The smallest absolute Gasteiger partial charge is 0.263 e. The van der Waals surface area contributed by atoms with E-state index in [-0.39, 0.29) is 17.6 Å². The van der Waals surface area contributed by atoms with Gasteiger partial charge in [-0.2, -0.15) is 0 Å². The molecule has 1 amide bonds. The molecule has 1 unspecified atom stereocenters. The molecule has 0 radical (unpaired) electrons. The molecule has 2 aliphatic rings. The molecule has 6 heteroatoms. The van der Waals surface area contributed by atoms with E-state index in [1.807, 2.05) is 6.07 Å². The predicted molar refractivity (Wildman–Crippen MR) is 86.1 cm³/mol. The molecule has 0 aromatic carbocycles. The van der Waals surface area contributed by atoms with Gasteiger partial charge in [0.15, 0.2) is 0 Å². The zero-order valence-corrected chi connectivity index (χ0v) is 13.6. The molecule has 1 aliphatic carbocycles. The van der Waals surface area contributed by atoms with Gasteiger partial charge < -0.3 is 20.7 Å². The Morgan fingerprint density at radius 2 is 2.24 bits per heavy atom. The number of nitrogens with two attached hydrogens (primary N) is 1. The van der Waals surface area contributed by atoms with Gasteiger partial charge in [0.1, 0.15) is 4.88 Å². The summed E-state index contributed by atoms with van der Waals surface area (Å²) in [5.74, 6) is -0.0354. The third-order valence-electron chi connectivity index (χ3n) is 3.75. The average molecular weight is 309 g/mol. The highest BCUT2D eigenvalue weighted by atomic mass is 32.1. The van der Waals surface area contributed by atoms with E-state index in [9.17, 15) is 4.79 Å². The fourth-order valence-electron chi connectivity index (χ4n) is 2.83. The molecule has 1 aliphatic heterocycles. The van der Waals surface area contributed by atoms with Gasteiger partial charge in [-0.25, -0.2) is 0 Å². The van der Waals surface area contributed by atoms with E-state index >= 15 is 0 Å². The van der Waals surface area contributed by atoms with Crippen LogP contribution in [0.15, 0.2) is 6.07 Å². The van der Waals surface area contributed by atoms with Crippen LogP contribution in [0.5, 0.6) is 0 Å². The van der Waals surface area contributed by atoms with Crippen LogP contribution in [0, 0.1) is 0 Å². The number of thiophene rings is 1. The maximum Gasteiger partial charge on any atom is 0.263 e. The van der Waals surface area contributed by atoms with E-state index in [1.165, 1.54) is 11.3 Å². The number of nitrogens with zero attached hydrogens (tertiary/aromatic N) is 1. The maximum absolute atomic E-state index is 12.2. The summed E-state index contributed by atoms with van der Waals surface area (Å²) in [5, 5.41) is 4.05. The van der Waals surface area contributed by atoms with E-state index in [0.29, 0.717) is 16.6 Å². The third-order valence-corrected chi connectivity index (χ3v) is 4.96. The van der Waals surface area contributed by atoms with E-state index in [4.69, 9.17) is 10.5 Å². The maximum atomic E-state index is 12.2. The van der Waals surface area contributed by atoms with Gasteiger partial charge in [0, 0.05) is 19.1 Å². The van der Waals surface area contributed by atoms with Crippen molar-refractivity contribution in [3.8, 4) is 0 Å². The standard InChI is InChI=1S/C15H23N3O2S/c1-9-7-18(8-15(2,3)20-9)12-6-11(16)13(21-12)14(19)17-10-4-5-10/h6,9-10H,4-5,7-8,16H2,1-3H3,(H,17,19). The number of hydrogen-bond acceptors (Lipinski definition) is 5. The van der Waals surface area contributed by atoms with Gasteiger partial charge in [0.2, 0.25) is 0 Å². The predicted octanol–water partition coefficient (Wildman–Crippen LogP) is 2.23. The SMILES string of the molecule is CC1CN(c2cc(N)c(C(=O)NC3CC3)s2)CC(C)(C)O1. The molecule has 2 fully saturated rings. The summed E-state index contributed by atoms with van der Waals surface area (Å²) in [6.45, 7) is 7.89. The first-order valence-electron chi connectivity index (χ1n) is 7.47. The minimum atomic E-state index is -0.188. The highest BCUT2D eigenvalue weighted by Gasteiger charge is 2.33. The number of amides is 1. The van der Waals surface area contributed by atoms with Crippen LogP contribution in [-0.4, -0.2) is 36.7 Å². The van der Waals surface area contributed by atoms with Crippen molar-refractivity contribution in [3.63, 3.8) is 0 Å². The van der Waals surface area contributed by atoms with Gasteiger partial charge in [0.05, 0.1) is 22.4 Å². The molecule has 1 atom stereocenters. The Morgan fingerprint density at radius 1 is 1.52 bits per heavy atom. The van der Waals surface area contributed by atoms with Crippen molar-refractivity contribution >= 4 is 27.9 Å². The van der Waals surface area contributed by atoms with Crippen molar-refractivity contribution in [2.24, 2.45) is 0 Å². The Bertz CT molecular complexity index is 551. The number of anilines is 2. The van der Waals surface area contributed by atoms with Crippen molar-refractivity contribution < 1.29 is 9.53 Å². The fraction of sp³-hybridized carbons (Fsp3) is 0.667. The first kappa shape index (κ1) is 14.7. The quantitative estimate of drug-likeness (QED) is 0.898. The summed E-state index contributed by atoms with van der Waals surface area (Å²) < 4.78 is 5.92. The van der Waals surface area contributed by atoms with Crippen molar-refractivity contribution in [1.82, 2.24) is 5.32 Å². The van der Waals surface area contributed by atoms with Crippen LogP contribution in [-0.2, 0) is 4.74 Å². The van der Waals surface area contributed by atoms with Gasteiger partial charge in [-0.3, -0.25) is 4.79 Å². The van der Waals surface area contributed by atoms with E-state index in [0.717, 1.165) is 30.9 Å². The van der Waals surface area contributed by atoms with Crippen LogP contribution in [0.25, 0.3) is 0 Å². The van der Waals surface area contributed by atoms with Crippen molar-refractivity contribution in [2.45, 2.75) is 51.4 Å². The molecule has 5 nitrogen and oxygen atoms in total. The van der Waals surface area contributed by atoms with Crippen molar-refractivity contribution in [2.75, 3.05) is 23.7 Å². The van der Waals surface area contributed by atoms with E-state index in [2.05, 4.69) is 31.0 Å².